The molecule has 0 saturated carbocycles. The summed E-state index contributed by atoms with van der Waals surface area (Å²) in [6.45, 7) is 3.23. The van der Waals surface area contributed by atoms with Gasteiger partial charge < -0.3 is 16.8 Å². The summed E-state index contributed by atoms with van der Waals surface area (Å²) in [5, 5.41) is 6.79. The van der Waals surface area contributed by atoms with E-state index >= 15 is 0 Å². The molecule has 0 bridgehead atoms. The molecule has 0 fully saturated rings. The molecular formula is C10H14N8O. The van der Waals surface area contributed by atoms with Gasteiger partial charge in [-0.1, -0.05) is 0 Å². The lowest BCUT2D eigenvalue weighted by molar-refractivity contribution is -0.121. The van der Waals surface area contributed by atoms with Crippen molar-refractivity contribution in [2.24, 2.45) is 5.73 Å². The lowest BCUT2D eigenvalue weighted by Crippen LogP contribution is -2.45. The van der Waals surface area contributed by atoms with Gasteiger partial charge in [0.15, 0.2) is 0 Å². The van der Waals surface area contributed by atoms with Gasteiger partial charge in [-0.05, 0) is 19.9 Å². The van der Waals surface area contributed by atoms with Crippen LogP contribution in [0.15, 0.2) is 18.5 Å². The molecule has 0 aliphatic rings. The lowest BCUT2D eigenvalue weighted by atomic mass is 10.1. The molecule has 9 heteroatoms. The summed E-state index contributed by atoms with van der Waals surface area (Å²) in [6.07, 6.45) is 3.25. The van der Waals surface area contributed by atoms with Crippen molar-refractivity contribution in [3.8, 4) is 5.95 Å². The summed E-state index contributed by atoms with van der Waals surface area (Å²) in [7, 11) is 0. The van der Waals surface area contributed by atoms with Crippen LogP contribution in [0.1, 0.15) is 13.8 Å². The SMILES string of the molecule is CC(C)(Nc1nc(N)nc(-n2cccn2)n1)C(N)=O. The predicted octanol–water partition coefficient (Wildman–Crippen LogP) is -0.685. The second-order valence-electron chi connectivity index (χ2n) is 4.38. The molecule has 2 aromatic rings. The molecule has 5 N–H and O–H groups in total. The van der Waals surface area contributed by atoms with Crippen LogP contribution in [0.2, 0.25) is 0 Å². The number of rotatable bonds is 4. The number of nitrogens with zero attached hydrogens (tertiary/aromatic N) is 5. The van der Waals surface area contributed by atoms with Gasteiger partial charge in [0.25, 0.3) is 5.95 Å². The smallest absolute Gasteiger partial charge is 0.257 e. The van der Waals surface area contributed by atoms with Crippen LogP contribution in [0.5, 0.6) is 0 Å². The molecule has 0 radical (unpaired) electrons. The van der Waals surface area contributed by atoms with Crippen LogP contribution in [0, 0.1) is 0 Å². The normalized spacial score (nSPS) is 11.3. The van der Waals surface area contributed by atoms with Gasteiger partial charge in [0.1, 0.15) is 5.54 Å². The standard InChI is InChI=1S/C10H14N8O/c1-10(2,6(11)19)17-8-14-7(12)15-9(16-8)18-5-3-4-13-18/h3-5H,1-2H3,(H2,11,19)(H3,12,14,15,16,17). The highest BCUT2D eigenvalue weighted by Crippen LogP contribution is 2.12. The summed E-state index contributed by atoms with van der Waals surface area (Å²) in [4.78, 5) is 23.2. The van der Waals surface area contributed by atoms with Gasteiger partial charge in [-0.25, -0.2) is 4.68 Å². The van der Waals surface area contributed by atoms with E-state index in [-0.39, 0.29) is 17.8 Å². The molecule has 9 nitrogen and oxygen atoms in total. The number of nitrogen functional groups attached to an aromatic ring is 1. The van der Waals surface area contributed by atoms with E-state index in [0.717, 1.165) is 0 Å². The first kappa shape index (κ1) is 12.7. The molecule has 0 saturated heterocycles. The largest absolute Gasteiger partial charge is 0.368 e. The Bertz CT molecular complexity index is 592. The third-order valence-electron chi connectivity index (χ3n) is 2.39. The maximum absolute atomic E-state index is 11.3. The number of hydrogen-bond donors (Lipinski definition) is 3. The minimum absolute atomic E-state index is 0.0169. The number of primary amides is 1. The van der Waals surface area contributed by atoms with Gasteiger partial charge in [0.2, 0.25) is 17.8 Å². The Morgan fingerprint density at radius 1 is 1.37 bits per heavy atom. The summed E-state index contributed by atoms with van der Waals surface area (Å²) in [6, 6.07) is 1.72. The Morgan fingerprint density at radius 2 is 2.11 bits per heavy atom. The van der Waals surface area contributed by atoms with Gasteiger partial charge >= 0.3 is 0 Å². The molecule has 0 atom stereocenters. The van der Waals surface area contributed by atoms with E-state index in [4.69, 9.17) is 11.5 Å². The third kappa shape index (κ3) is 2.76. The van der Waals surface area contributed by atoms with E-state index in [1.165, 1.54) is 4.68 Å². The average molecular weight is 262 g/mol. The number of amides is 1. The lowest BCUT2D eigenvalue weighted by Gasteiger charge is -2.22. The van der Waals surface area contributed by atoms with Crippen molar-refractivity contribution in [3.63, 3.8) is 0 Å². The quantitative estimate of drug-likeness (QED) is 0.663. The molecule has 2 aromatic heterocycles. The zero-order valence-electron chi connectivity index (χ0n) is 10.5. The van der Waals surface area contributed by atoms with Crippen LogP contribution in [0.25, 0.3) is 5.95 Å². The van der Waals surface area contributed by atoms with Gasteiger partial charge in [-0.15, -0.1) is 0 Å². The van der Waals surface area contributed by atoms with E-state index < -0.39 is 11.4 Å². The maximum Gasteiger partial charge on any atom is 0.257 e. The minimum Gasteiger partial charge on any atom is -0.368 e. The monoisotopic (exact) mass is 262 g/mol. The van der Waals surface area contributed by atoms with Gasteiger partial charge in [0.05, 0.1) is 0 Å². The van der Waals surface area contributed by atoms with E-state index in [1.807, 2.05) is 0 Å². The Balaban J connectivity index is 2.35. The first-order valence-electron chi connectivity index (χ1n) is 5.48. The molecule has 0 spiro atoms. The first-order valence-corrected chi connectivity index (χ1v) is 5.48. The molecule has 100 valence electrons. The van der Waals surface area contributed by atoms with E-state index in [2.05, 4.69) is 25.4 Å². The highest BCUT2D eigenvalue weighted by Gasteiger charge is 2.26. The van der Waals surface area contributed by atoms with Gasteiger partial charge in [-0.3, -0.25) is 4.79 Å². The zero-order chi connectivity index (χ0) is 14.0. The maximum atomic E-state index is 11.3. The summed E-state index contributed by atoms with van der Waals surface area (Å²) >= 11 is 0. The van der Waals surface area contributed by atoms with Crippen LogP contribution in [-0.2, 0) is 4.79 Å². The van der Waals surface area contributed by atoms with Gasteiger partial charge in [0, 0.05) is 12.4 Å². The molecule has 2 heterocycles. The number of aromatic nitrogens is 5. The average Bonchev–Trinajstić information content (AvgIpc) is 2.80. The molecule has 1 amide bonds. The third-order valence-corrected chi connectivity index (χ3v) is 2.39. The molecule has 0 aromatic carbocycles. The Labute approximate surface area is 109 Å². The number of hydrogen-bond acceptors (Lipinski definition) is 7. The minimum atomic E-state index is -1.00. The number of anilines is 2. The van der Waals surface area contributed by atoms with Crippen molar-refractivity contribution in [1.29, 1.82) is 0 Å². The molecule has 0 aliphatic heterocycles. The topological polar surface area (TPSA) is 138 Å². The van der Waals surface area contributed by atoms with Crippen molar-refractivity contribution in [1.82, 2.24) is 24.7 Å². The number of carbonyl (C=O) groups is 1. The Hall–Kier alpha value is -2.71. The highest BCUT2D eigenvalue weighted by molar-refractivity contribution is 5.86. The summed E-state index contributed by atoms with van der Waals surface area (Å²) < 4.78 is 1.43. The van der Waals surface area contributed by atoms with Crippen LogP contribution < -0.4 is 16.8 Å². The van der Waals surface area contributed by atoms with Crippen molar-refractivity contribution in [3.05, 3.63) is 18.5 Å². The van der Waals surface area contributed by atoms with Crippen LogP contribution >= 0.6 is 0 Å². The van der Waals surface area contributed by atoms with E-state index in [9.17, 15) is 4.79 Å². The summed E-state index contributed by atoms with van der Waals surface area (Å²) in [5.41, 5.74) is 9.86. The molecule has 0 unspecified atom stereocenters. The molecule has 2 rings (SSSR count). The van der Waals surface area contributed by atoms with Gasteiger partial charge in [-0.2, -0.15) is 20.1 Å². The fourth-order valence-corrected chi connectivity index (χ4v) is 1.27. The number of nitrogens with two attached hydrogens (primary N) is 2. The first-order chi connectivity index (χ1) is 8.88. The number of carbonyl (C=O) groups excluding carboxylic acids is 1. The second kappa shape index (κ2) is 4.52. The van der Waals surface area contributed by atoms with E-state index in [1.54, 1.807) is 32.3 Å². The summed E-state index contributed by atoms with van der Waals surface area (Å²) in [5.74, 6) is -0.113. The fourth-order valence-electron chi connectivity index (χ4n) is 1.27. The highest BCUT2D eigenvalue weighted by atomic mass is 16.1. The van der Waals surface area contributed by atoms with Crippen LogP contribution in [0.4, 0.5) is 11.9 Å². The second-order valence-corrected chi connectivity index (χ2v) is 4.38. The Kier molecular flexibility index (Phi) is 3.03. The van der Waals surface area contributed by atoms with Crippen molar-refractivity contribution >= 4 is 17.8 Å². The van der Waals surface area contributed by atoms with Crippen molar-refractivity contribution < 1.29 is 4.79 Å². The Morgan fingerprint density at radius 3 is 2.68 bits per heavy atom. The fraction of sp³-hybridized carbons (Fsp3) is 0.300. The van der Waals surface area contributed by atoms with Crippen molar-refractivity contribution in [2.45, 2.75) is 19.4 Å². The zero-order valence-corrected chi connectivity index (χ0v) is 10.5. The number of nitrogens with one attached hydrogen (secondary N) is 1. The molecule has 19 heavy (non-hydrogen) atoms. The van der Waals surface area contributed by atoms with Crippen molar-refractivity contribution in [2.75, 3.05) is 11.1 Å². The molecule has 0 aliphatic carbocycles. The van der Waals surface area contributed by atoms with Crippen LogP contribution in [0.3, 0.4) is 0 Å². The predicted molar refractivity (Wildman–Crippen MR) is 68.3 cm³/mol. The van der Waals surface area contributed by atoms with E-state index in [0.29, 0.717) is 0 Å². The van der Waals surface area contributed by atoms with Crippen LogP contribution in [-0.4, -0.2) is 36.2 Å². The molecular weight excluding hydrogens is 248 g/mol.